The quantitative estimate of drug-likeness (QED) is 0.490. The number of halogens is 4. The number of imide groups is 1. The zero-order valence-electron chi connectivity index (χ0n) is 15.1. The van der Waals surface area contributed by atoms with Crippen molar-refractivity contribution in [2.24, 2.45) is 5.92 Å². The molecule has 2 aromatic rings. The first-order valence-corrected chi connectivity index (χ1v) is 8.81. The minimum Gasteiger partial charge on any atom is -0.348 e. The van der Waals surface area contributed by atoms with Gasteiger partial charge in [0.15, 0.2) is 5.69 Å². The Morgan fingerprint density at radius 2 is 2.03 bits per heavy atom. The lowest BCUT2D eigenvalue weighted by Crippen LogP contribution is -2.57. The number of alkyl halides is 3. The highest BCUT2D eigenvalue weighted by Gasteiger charge is 2.56. The summed E-state index contributed by atoms with van der Waals surface area (Å²) in [6.07, 6.45) is -2.36. The van der Waals surface area contributed by atoms with E-state index in [0.717, 1.165) is 29.9 Å². The van der Waals surface area contributed by atoms with E-state index in [9.17, 15) is 31.9 Å². The summed E-state index contributed by atoms with van der Waals surface area (Å²) >= 11 is 0. The molecule has 30 heavy (non-hydrogen) atoms. The Hall–Kier alpha value is -3.51. The van der Waals surface area contributed by atoms with Gasteiger partial charge in [0.05, 0.1) is 24.0 Å². The molecule has 0 unspecified atom stereocenters. The molecule has 3 N–H and O–H groups in total. The number of nitrogens with one attached hydrogen (secondary N) is 3. The molecule has 2 heterocycles. The molecule has 1 saturated heterocycles. The second kappa shape index (κ2) is 6.78. The Labute approximate surface area is 165 Å². The summed E-state index contributed by atoms with van der Waals surface area (Å²) in [6.45, 7) is -0.171. The Morgan fingerprint density at radius 3 is 2.60 bits per heavy atom. The highest BCUT2D eigenvalue weighted by Crippen LogP contribution is 2.41. The molecule has 13 heteroatoms. The van der Waals surface area contributed by atoms with Crippen LogP contribution in [0.15, 0.2) is 24.4 Å². The zero-order chi connectivity index (χ0) is 21.7. The molecule has 9 nitrogen and oxygen atoms in total. The maximum atomic E-state index is 13.7. The molecule has 2 aliphatic rings. The molecule has 2 fully saturated rings. The van der Waals surface area contributed by atoms with Crippen molar-refractivity contribution in [3.8, 4) is 5.69 Å². The van der Waals surface area contributed by atoms with Crippen molar-refractivity contribution in [2.75, 3.05) is 6.54 Å². The molecule has 4 rings (SSSR count). The third-order valence-electron chi connectivity index (χ3n) is 4.98. The van der Waals surface area contributed by atoms with Gasteiger partial charge in [0.2, 0.25) is 0 Å². The van der Waals surface area contributed by atoms with E-state index in [1.165, 1.54) is 0 Å². The van der Waals surface area contributed by atoms with Gasteiger partial charge in [-0.05, 0) is 30.9 Å². The Morgan fingerprint density at radius 1 is 1.30 bits per heavy atom. The fourth-order valence-corrected chi connectivity index (χ4v) is 3.30. The lowest BCUT2D eigenvalue weighted by atomic mass is 9.93. The van der Waals surface area contributed by atoms with Gasteiger partial charge in [-0.1, -0.05) is 0 Å². The molecule has 1 aliphatic carbocycles. The summed E-state index contributed by atoms with van der Waals surface area (Å²) < 4.78 is 51.7. The van der Waals surface area contributed by atoms with E-state index < -0.39 is 40.9 Å². The molecule has 0 radical (unpaired) electrons. The molecule has 1 saturated carbocycles. The number of aromatic nitrogens is 3. The van der Waals surface area contributed by atoms with Crippen LogP contribution in [0.1, 0.15) is 28.9 Å². The molecule has 158 valence electrons. The first-order chi connectivity index (χ1) is 14.1. The first kappa shape index (κ1) is 19.8. The predicted octanol–water partition coefficient (Wildman–Crippen LogP) is 1.14. The number of amides is 4. The number of carbonyl (C=O) groups is 3. The summed E-state index contributed by atoms with van der Waals surface area (Å²) in [5.41, 5.74) is -2.99. The van der Waals surface area contributed by atoms with Gasteiger partial charge in [-0.2, -0.15) is 23.1 Å². The fraction of sp³-hybridized carbons (Fsp3) is 0.353. The number of nitrogens with zero attached hydrogens (tertiary/aromatic N) is 3. The van der Waals surface area contributed by atoms with Gasteiger partial charge in [-0.15, -0.1) is 5.10 Å². The monoisotopic (exact) mass is 426 g/mol. The first-order valence-electron chi connectivity index (χ1n) is 8.81. The number of carbonyl (C=O) groups excluding carboxylic acids is 3. The zero-order valence-corrected chi connectivity index (χ0v) is 15.1. The molecule has 1 aliphatic heterocycles. The fourth-order valence-electron chi connectivity index (χ4n) is 3.30. The van der Waals surface area contributed by atoms with Crippen LogP contribution in [-0.2, 0) is 11.0 Å². The Kier molecular flexibility index (Phi) is 4.47. The van der Waals surface area contributed by atoms with E-state index in [0.29, 0.717) is 12.1 Å². The van der Waals surface area contributed by atoms with E-state index in [2.05, 4.69) is 26.1 Å². The maximum absolute atomic E-state index is 13.7. The Bertz CT molecular complexity index is 1050. The van der Waals surface area contributed by atoms with E-state index in [1.54, 1.807) is 0 Å². The smallest absolute Gasteiger partial charge is 0.348 e. The van der Waals surface area contributed by atoms with Gasteiger partial charge < -0.3 is 10.6 Å². The van der Waals surface area contributed by atoms with Crippen molar-refractivity contribution in [1.29, 1.82) is 0 Å². The summed E-state index contributed by atoms with van der Waals surface area (Å²) in [5.74, 6) is -2.85. The van der Waals surface area contributed by atoms with Crippen molar-refractivity contribution < 1.29 is 31.9 Å². The highest BCUT2D eigenvalue weighted by atomic mass is 19.4. The van der Waals surface area contributed by atoms with Crippen LogP contribution >= 0.6 is 0 Å². The average molecular weight is 426 g/mol. The number of urea groups is 1. The molecule has 1 atom stereocenters. The summed E-state index contributed by atoms with van der Waals surface area (Å²) in [4.78, 5) is 36.9. The lowest BCUT2D eigenvalue weighted by molar-refractivity contribution is -0.140. The average Bonchev–Trinajstić information content (AvgIpc) is 3.32. The van der Waals surface area contributed by atoms with Crippen LogP contribution < -0.4 is 16.0 Å². The van der Waals surface area contributed by atoms with Crippen LogP contribution in [0.4, 0.5) is 22.4 Å². The van der Waals surface area contributed by atoms with Crippen molar-refractivity contribution in [1.82, 2.24) is 30.9 Å². The van der Waals surface area contributed by atoms with Crippen LogP contribution in [-0.4, -0.2) is 44.9 Å². The van der Waals surface area contributed by atoms with Gasteiger partial charge >= 0.3 is 12.2 Å². The van der Waals surface area contributed by atoms with Gasteiger partial charge in [0, 0.05) is 6.07 Å². The number of hydrogen-bond acceptors (Lipinski definition) is 5. The van der Waals surface area contributed by atoms with Crippen molar-refractivity contribution in [3.05, 3.63) is 41.5 Å². The molecule has 1 aromatic heterocycles. The standard InChI is InChI=1S/C17H14F4N6O3/c18-11-5-9(3-4-10(11)17(19,20)21)27-23-6-12(26-27)13(28)22-7-16(8-1-2-8)14(29)24-15(30)25-16/h3-6,8H,1-2,7H2,(H,22,28)(H2,24,25,29,30)/t16-/m0/s1. The third kappa shape index (κ3) is 3.46. The SMILES string of the molecule is O=C1NC(=O)[C@](CNC(=O)c2cnn(-c3ccc(C(F)(F)F)c(F)c3)n2)(C2CC2)N1. The number of hydrogen-bond donors (Lipinski definition) is 3. The van der Waals surface area contributed by atoms with Gasteiger partial charge in [-0.3, -0.25) is 14.9 Å². The van der Waals surface area contributed by atoms with Crippen molar-refractivity contribution in [3.63, 3.8) is 0 Å². The molecule has 1 aromatic carbocycles. The van der Waals surface area contributed by atoms with E-state index in [-0.39, 0.29) is 23.8 Å². The van der Waals surface area contributed by atoms with Gasteiger partial charge in [0.1, 0.15) is 11.4 Å². The van der Waals surface area contributed by atoms with Crippen LogP contribution in [0.2, 0.25) is 0 Å². The Balaban J connectivity index is 1.48. The summed E-state index contributed by atoms with van der Waals surface area (Å²) in [6, 6.07) is 1.48. The minimum atomic E-state index is -4.84. The maximum Gasteiger partial charge on any atom is 0.419 e. The normalized spacial score (nSPS) is 21.3. The van der Waals surface area contributed by atoms with Crippen LogP contribution in [0, 0.1) is 11.7 Å². The summed E-state index contributed by atoms with van der Waals surface area (Å²) in [7, 11) is 0. The lowest BCUT2D eigenvalue weighted by Gasteiger charge is -2.25. The van der Waals surface area contributed by atoms with Crippen LogP contribution in [0.3, 0.4) is 0 Å². The summed E-state index contributed by atoms with van der Waals surface area (Å²) in [5, 5.41) is 14.8. The highest BCUT2D eigenvalue weighted by molar-refractivity contribution is 6.08. The van der Waals surface area contributed by atoms with E-state index in [1.807, 2.05) is 0 Å². The molecule has 0 bridgehead atoms. The van der Waals surface area contributed by atoms with Crippen LogP contribution in [0.5, 0.6) is 0 Å². The molecular formula is C17H14F4N6O3. The van der Waals surface area contributed by atoms with Crippen LogP contribution in [0.25, 0.3) is 5.69 Å². The minimum absolute atomic E-state index is 0.102. The topological polar surface area (TPSA) is 118 Å². The second-order valence-corrected chi connectivity index (χ2v) is 7.02. The van der Waals surface area contributed by atoms with Crippen molar-refractivity contribution in [2.45, 2.75) is 24.6 Å². The third-order valence-corrected chi connectivity index (χ3v) is 4.98. The predicted molar refractivity (Wildman–Crippen MR) is 90.8 cm³/mol. The molecule has 0 spiro atoms. The van der Waals surface area contributed by atoms with Crippen molar-refractivity contribution >= 4 is 17.8 Å². The number of benzene rings is 1. The number of rotatable bonds is 5. The second-order valence-electron chi connectivity index (χ2n) is 7.02. The van der Waals surface area contributed by atoms with E-state index >= 15 is 0 Å². The molecule has 4 amide bonds. The molecular weight excluding hydrogens is 412 g/mol. The van der Waals surface area contributed by atoms with E-state index in [4.69, 9.17) is 0 Å². The van der Waals surface area contributed by atoms with Gasteiger partial charge in [-0.25, -0.2) is 9.18 Å². The van der Waals surface area contributed by atoms with Gasteiger partial charge in [0.25, 0.3) is 11.8 Å². The largest absolute Gasteiger partial charge is 0.419 e.